The molecule has 2 N–H and O–H groups in total. The van der Waals surface area contributed by atoms with Crippen LogP contribution in [0.5, 0.6) is 0 Å². The summed E-state index contributed by atoms with van der Waals surface area (Å²) < 4.78 is 5.46. The van der Waals surface area contributed by atoms with Crippen molar-refractivity contribution in [3.8, 4) is 0 Å². The van der Waals surface area contributed by atoms with Gasteiger partial charge in [-0.05, 0) is 42.7 Å². The van der Waals surface area contributed by atoms with Crippen molar-refractivity contribution in [3.05, 3.63) is 69.2 Å². The number of nitro groups is 1. The predicted octanol–water partition coefficient (Wildman–Crippen LogP) is 3.52. The van der Waals surface area contributed by atoms with Gasteiger partial charge in [-0.2, -0.15) is 0 Å². The number of halogens is 1. The highest BCUT2D eigenvalue weighted by molar-refractivity contribution is 6.30. The zero-order valence-corrected chi connectivity index (χ0v) is 16.1. The van der Waals surface area contributed by atoms with E-state index in [0.29, 0.717) is 44.2 Å². The molecule has 0 saturated carbocycles. The molecule has 0 radical (unpaired) electrons. The van der Waals surface area contributed by atoms with Gasteiger partial charge in [-0.15, -0.1) is 0 Å². The van der Waals surface area contributed by atoms with Gasteiger partial charge >= 0.3 is 0 Å². The lowest BCUT2D eigenvalue weighted by Gasteiger charge is -2.36. The smallest absolute Gasteiger partial charge is 0.269 e. The second kappa shape index (κ2) is 9.03. The Morgan fingerprint density at radius 3 is 2.50 bits per heavy atom. The van der Waals surface area contributed by atoms with Crippen LogP contribution in [-0.4, -0.2) is 37.1 Å². The normalized spacial score (nSPS) is 15.6. The minimum Gasteiger partial charge on any atom is -0.383 e. The molecule has 148 valence electrons. The number of carbonyl (C=O) groups is 1. The summed E-state index contributed by atoms with van der Waals surface area (Å²) in [5.74, 6) is -0.0384. The highest BCUT2D eigenvalue weighted by Gasteiger charge is 2.41. The summed E-state index contributed by atoms with van der Waals surface area (Å²) >= 11 is 6.14. The number of hydrogen-bond acceptors (Lipinski definition) is 5. The molecule has 1 fully saturated rings. The Labute approximate surface area is 168 Å². The molecule has 2 aromatic rings. The minimum atomic E-state index is -0.642. The summed E-state index contributed by atoms with van der Waals surface area (Å²) in [5, 5.41) is 17.4. The van der Waals surface area contributed by atoms with Crippen molar-refractivity contribution < 1.29 is 14.5 Å². The lowest BCUT2D eigenvalue weighted by molar-refractivity contribution is -0.384. The van der Waals surface area contributed by atoms with E-state index in [0.717, 1.165) is 11.3 Å². The van der Waals surface area contributed by atoms with Crippen molar-refractivity contribution in [1.29, 1.82) is 0 Å². The molecule has 8 heteroatoms. The molecule has 3 rings (SSSR count). The van der Waals surface area contributed by atoms with Crippen LogP contribution in [0.15, 0.2) is 48.5 Å². The molecular weight excluding hydrogens is 382 g/mol. The molecule has 2 aromatic carbocycles. The monoisotopic (exact) mass is 403 g/mol. The molecule has 0 bridgehead atoms. The molecule has 7 nitrogen and oxygen atoms in total. The minimum absolute atomic E-state index is 0.0384. The van der Waals surface area contributed by atoms with Crippen LogP contribution in [0.3, 0.4) is 0 Å². The summed E-state index contributed by atoms with van der Waals surface area (Å²) in [6.45, 7) is 1.99. The number of nitro benzene ring substituents is 1. The molecule has 28 heavy (non-hydrogen) atoms. The molecule has 1 amide bonds. The SMILES string of the molecule is O=C(NCCNc1ccc([N+](=O)[O-])cc1)C1(c2cccc(Cl)c2)CCOCC1. The number of non-ortho nitro benzene ring substituents is 1. The highest BCUT2D eigenvalue weighted by atomic mass is 35.5. The van der Waals surface area contributed by atoms with E-state index in [1.54, 1.807) is 18.2 Å². The van der Waals surface area contributed by atoms with Crippen LogP contribution in [0, 0.1) is 10.1 Å². The molecule has 1 aliphatic rings. The number of anilines is 1. The van der Waals surface area contributed by atoms with Crippen LogP contribution >= 0.6 is 11.6 Å². The molecule has 0 spiro atoms. The van der Waals surface area contributed by atoms with Gasteiger partial charge in [-0.25, -0.2) is 0 Å². The zero-order valence-electron chi connectivity index (χ0n) is 15.3. The average Bonchev–Trinajstić information content (AvgIpc) is 2.72. The fraction of sp³-hybridized carbons (Fsp3) is 0.350. The van der Waals surface area contributed by atoms with Crippen molar-refractivity contribution in [2.24, 2.45) is 0 Å². The average molecular weight is 404 g/mol. The van der Waals surface area contributed by atoms with Crippen LogP contribution in [0.1, 0.15) is 18.4 Å². The third kappa shape index (κ3) is 4.61. The Kier molecular flexibility index (Phi) is 6.49. The third-order valence-corrected chi connectivity index (χ3v) is 5.21. The first-order chi connectivity index (χ1) is 13.5. The van der Waals surface area contributed by atoms with E-state index >= 15 is 0 Å². The number of nitrogens with one attached hydrogen (secondary N) is 2. The number of ether oxygens (including phenoxy) is 1. The van der Waals surface area contributed by atoms with E-state index < -0.39 is 10.3 Å². The van der Waals surface area contributed by atoms with Crippen molar-refractivity contribution >= 4 is 28.9 Å². The number of hydrogen-bond donors (Lipinski definition) is 2. The summed E-state index contributed by atoms with van der Waals surface area (Å²) in [6.07, 6.45) is 1.21. The first-order valence-corrected chi connectivity index (χ1v) is 9.49. The summed E-state index contributed by atoms with van der Waals surface area (Å²) in [6, 6.07) is 13.6. The first kappa shape index (κ1) is 20.1. The Morgan fingerprint density at radius 1 is 1.14 bits per heavy atom. The molecule has 0 atom stereocenters. The van der Waals surface area contributed by atoms with Gasteiger partial charge in [0, 0.05) is 49.1 Å². The third-order valence-electron chi connectivity index (χ3n) is 4.98. The van der Waals surface area contributed by atoms with Crippen molar-refractivity contribution in [2.45, 2.75) is 18.3 Å². The lowest BCUT2D eigenvalue weighted by Crippen LogP contribution is -2.49. The topological polar surface area (TPSA) is 93.5 Å². The van der Waals surface area contributed by atoms with Gasteiger partial charge in [0.15, 0.2) is 0 Å². The largest absolute Gasteiger partial charge is 0.383 e. The van der Waals surface area contributed by atoms with Crippen molar-refractivity contribution in [2.75, 3.05) is 31.6 Å². The molecule has 1 aliphatic heterocycles. The summed E-state index contributed by atoms with van der Waals surface area (Å²) in [4.78, 5) is 23.3. The van der Waals surface area contributed by atoms with Gasteiger partial charge in [0.2, 0.25) is 5.91 Å². The Morgan fingerprint density at radius 2 is 1.86 bits per heavy atom. The Balaban J connectivity index is 1.59. The Bertz CT molecular complexity index is 836. The zero-order chi connectivity index (χ0) is 20.0. The molecule has 0 aliphatic carbocycles. The van der Waals surface area contributed by atoms with E-state index in [2.05, 4.69) is 10.6 Å². The predicted molar refractivity (Wildman–Crippen MR) is 108 cm³/mol. The van der Waals surface area contributed by atoms with Crippen LogP contribution in [0.4, 0.5) is 11.4 Å². The maximum Gasteiger partial charge on any atom is 0.269 e. The fourth-order valence-electron chi connectivity index (χ4n) is 3.41. The maximum atomic E-state index is 13.1. The van der Waals surface area contributed by atoms with E-state index in [1.165, 1.54) is 12.1 Å². The van der Waals surface area contributed by atoms with Gasteiger partial charge in [0.05, 0.1) is 10.3 Å². The molecule has 1 saturated heterocycles. The number of amides is 1. The molecular formula is C20H22ClN3O4. The first-order valence-electron chi connectivity index (χ1n) is 9.12. The van der Waals surface area contributed by atoms with Gasteiger partial charge < -0.3 is 15.4 Å². The number of nitrogens with zero attached hydrogens (tertiary/aromatic N) is 1. The van der Waals surface area contributed by atoms with E-state index in [4.69, 9.17) is 16.3 Å². The Hall–Kier alpha value is -2.64. The fourth-order valence-corrected chi connectivity index (χ4v) is 3.60. The molecule has 0 unspecified atom stereocenters. The van der Waals surface area contributed by atoms with Crippen molar-refractivity contribution in [3.63, 3.8) is 0 Å². The van der Waals surface area contributed by atoms with Crippen molar-refractivity contribution in [1.82, 2.24) is 5.32 Å². The summed E-state index contributed by atoms with van der Waals surface area (Å²) in [7, 11) is 0. The summed E-state index contributed by atoms with van der Waals surface area (Å²) in [5.41, 5.74) is 1.07. The van der Waals surface area contributed by atoms with Gasteiger partial charge in [-0.3, -0.25) is 14.9 Å². The quantitative estimate of drug-likeness (QED) is 0.419. The maximum absolute atomic E-state index is 13.1. The number of carbonyl (C=O) groups excluding carboxylic acids is 1. The lowest BCUT2D eigenvalue weighted by atomic mass is 9.73. The molecule has 1 heterocycles. The standard InChI is InChI=1S/C20H22ClN3O4/c21-16-3-1-2-15(14-16)20(8-12-28-13-9-20)19(25)23-11-10-22-17-4-6-18(7-5-17)24(26)27/h1-7,14,22H,8-13H2,(H,23,25). The van der Waals surface area contributed by atoms with Gasteiger partial charge in [-0.1, -0.05) is 23.7 Å². The van der Waals surface area contributed by atoms with Crippen LogP contribution in [0.2, 0.25) is 5.02 Å². The van der Waals surface area contributed by atoms with Gasteiger partial charge in [0.25, 0.3) is 5.69 Å². The van der Waals surface area contributed by atoms with Crippen LogP contribution < -0.4 is 10.6 Å². The van der Waals surface area contributed by atoms with Crippen LogP contribution in [0.25, 0.3) is 0 Å². The second-order valence-corrected chi connectivity index (χ2v) is 7.13. The van der Waals surface area contributed by atoms with E-state index in [9.17, 15) is 14.9 Å². The van der Waals surface area contributed by atoms with Gasteiger partial charge in [0.1, 0.15) is 0 Å². The second-order valence-electron chi connectivity index (χ2n) is 6.69. The number of benzene rings is 2. The van der Waals surface area contributed by atoms with E-state index in [-0.39, 0.29) is 11.6 Å². The molecule has 0 aromatic heterocycles. The highest BCUT2D eigenvalue weighted by Crippen LogP contribution is 2.36. The number of rotatable bonds is 7. The van der Waals surface area contributed by atoms with E-state index in [1.807, 2.05) is 18.2 Å². The van der Waals surface area contributed by atoms with Crippen LogP contribution in [-0.2, 0) is 14.9 Å².